The highest BCUT2D eigenvalue weighted by atomic mass is 35.5. The van der Waals surface area contributed by atoms with E-state index in [0.717, 1.165) is 16.6 Å². The van der Waals surface area contributed by atoms with Gasteiger partial charge in [-0.05, 0) is 6.92 Å². The summed E-state index contributed by atoms with van der Waals surface area (Å²) in [7, 11) is 0. The molecule has 1 N–H and O–H groups in total. The predicted octanol–water partition coefficient (Wildman–Crippen LogP) is 3.80. The molecule has 0 aromatic carbocycles. The van der Waals surface area contributed by atoms with E-state index in [4.69, 9.17) is 11.6 Å². The molecule has 0 atom stereocenters. The Morgan fingerprint density at radius 1 is 1.32 bits per heavy atom. The molecular weight excluding hydrogens is 280 g/mol. The largest absolute Gasteiger partial charge is 0.363 e. The SMILES string of the molecule is Cc1cnc(CNc2cc(Cl)nc(C(C)(C)C)n2)s1. The lowest BCUT2D eigenvalue weighted by Gasteiger charge is -2.17. The molecule has 2 aromatic rings. The highest BCUT2D eigenvalue weighted by Gasteiger charge is 2.18. The van der Waals surface area contributed by atoms with Gasteiger partial charge in [-0.15, -0.1) is 11.3 Å². The number of hydrogen-bond acceptors (Lipinski definition) is 5. The van der Waals surface area contributed by atoms with Crippen molar-refractivity contribution in [3.8, 4) is 0 Å². The molecule has 0 amide bonds. The Morgan fingerprint density at radius 2 is 2.05 bits per heavy atom. The van der Waals surface area contributed by atoms with Gasteiger partial charge in [0.2, 0.25) is 0 Å². The summed E-state index contributed by atoms with van der Waals surface area (Å²) in [6.07, 6.45) is 1.87. The van der Waals surface area contributed by atoms with E-state index >= 15 is 0 Å². The Balaban J connectivity index is 2.14. The van der Waals surface area contributed by atoms with Crippen LogP contribution in [0.1, 0.15) is 36.5 Å². The van der Waals surface area contributed by atoms with Crippen LogP contribution < -0.4 is 5.32 Å². The summed E-state index contributed by atoms with van der Waals surface area (Å²) in [6, 6.07) is 1.73. The van der Waals surface area contributed by atoms with Gasteiger partial charge in [-0.2, -0.15) is 0 Å². The minimum Gasteiger partial charge on any atom is -0.363 e. The molecule has 0 spiro atoms. The molecule has 0 saturated carbocycles. The van der Waals surface area contributed by atoms with Crippen LogP contribution >= 0.6 is 22.9 Å². The number of aromatic nitrogens is 3. The fourth-order valence-corrected chi connectivity index (χ4v) is 2.40. The van der Waals surface area contributed by atoms with Gasteiger partial charge in [0.25, 0.3) is 0 Å². The van der Waals surface area contributed by atoms with Crippen LogP contribution in [-0.2, 0) is 12.0 Å². The summed E-state index contributed by atoms with van der Waals surface area (Å²) in [6.45, 7) is 8.88. The highest BCUT2D eigenvalue weighted by molar-refractivity contribution is 7.11. The molecule has 2 rings (SSSR count). The Morgan fingerprint density at radius 3 is 2.63 bits per heavy atom. The number of nitrogens with zero attached hydrogens (tertiary/aromatic N) is 3. The number of anilines is 1. The Hall–Kier alpha value is -1.20. The van der Waals surface area contributed by atoms with Crippen LogP contribution in [0, 0.1) is 6.92 Å². The first-order valence-electron chi connectivity index (χ1n) is 6.05. The Bertz CT molecular complexity index is 574. The third-order valence-corrected chi connectivity index (χ3v) is 3.56. The maximum Gasteiger partial charge on any atom is 0.137 e. The van der Waals surface area contributed by atoms with Crippen LogP contribution in [0.2, 0.25) is 5.15 Å². The van der Waals surface area contributed by atoms with Gasteiger partial charge in [-0.25, -0.2) is 15.0 Å². The van der Waals surface area contributed by atoms with Gasteiger partial charge in [0.05, 0.1) is 6.54 Å². The molecule has 0 bridgehead atoms. The molecule has 19 heavy (non-hydrogen) atoms. The lowest BCUT2D eigenvalue weighted by Crippen LogP contribution is -2.17. The van der Waals surface area contributed by atoms with E-state index < -0.39 is 0 Å². The Labute approximate surface area is 122 Å². The lowest BCUT2D eigenvalue weighted by atomic mass is 9.96. The number of hydrogen-bond donors (Lipinski definition) is 1. The van der Waals surface area contributed by atoms with Crippen molar-refractivity contribution in [1.82, 2.24) is 15.0 Å². The normalized spacial score (nSPS) is 11.6. The van der Waals surface area contributed by atoms with Gasteiger partial charge in [-0.3, -0.25) is 0 Å². The van der Waals surface area contributed by atoms with Crippen molar-refractivity contribution < 1.29 is 0 Å². The van der Waals surface area contributed by atoms with Gasteiger partial charge in [0.15, 0.2) is 0 Å². The van der Waals surface area contributed by atoms with Gasteiger partial charge in [0, 0.05) is 22.6 Å². The van der Waals surface area contributed by atoms with Crippen molar-refractivity contribution in [3.63, 3.8) is 0 Å². The van der Waals surface area contributed by atoms with Crippen molar-refractivity contribution in [2.75, 3.05) is 5.32 Å². The van der Waals surface area contributed by atoms with Gasteiger partial charge in [0.1, 0.15) is 21.8 Å². The second-order valence-electron chi connectivity index (χ2n) is 5.37. The molecule has 102 valence electrons. The average molecular weight is 297 g/mol. The molecule has 0 unspecified atom stereocenters. The van der Waals surface area contributed by atoms with Gasteiger partial charge < -0.3 is 5.32 Å². The summed E-state index contributed by atoms with van der Waals surface area (Å²) >= 11 is 7.71. The minimum absolute atomic E-state index is 0.126. The summed E-state index contributed by atoms with van der Waals surface area (Å²) in [4.78, 5) is 14.3. The monoisotopic (exact) mass is 296 g/mol. The smallest absolute Gasteiger partial charge is 0.137 e. The topological polar surface area (TPSA) is 50.7 Å². The second kappa shape index (κ2) is 5.43. The first-order valence-corrected chi connectivity index (χ1v) is 7.24. The summed E-state index contributed by atoms with van der Waals surface area (Å²) < 4.78 is 0. The van der Waals surface area contributed by atoms with E-state index in [-0.39, 0.29) is 5.41 Å². The quantitative estimate of drug-likeness (QED) is 0.875. The molecule has 0 radical (unpaired) electrons. The summed E-state index contributed by atoms with van der Waals surface area (Å²) in [5.41, 5.74) is -0.126. The van der Waals surface area contributed by atoms with E-state index in [2.05, 4.69) is 41.0 Å². The second-order valence-corrected chi connectivity index (χ2v) is 7.07. The predicted molar refractivity (Wildman–Crippen MR) is 79.9 cm³/mol. The van der Waals surface area contributed by atoms with Crippen LogP contribution in [0.15, 0.2) is 12.3 Å². The molecule has 0 aliphatic rings. The zero-order valence-electron chi connectivity index (χ0n) is 11.5. The van der Waals surface area contributed by atoms with Crippen LogP contribution in [-0.4, -0.2) is 15.0 Å². The minimum atomic E-state index is -0.126. The van der Waals surface area contributed by atoms with E-state index in [1.54, 1.807) is 17.4 Å². The van der Waals surface area contributed by atoms with Crippen LogP contribution in [0.4, 0.5) is 5.82 Å². The van der Waals surface area contributed by atoms with Gasteiger partial charge >= 0.3 is 0 Å². The molecule has 0 saturated heterocycles. The van der Waals surface area contributed by atoms with Crippen molar-refractivity contribution >= 4 is 28.8 Å². The third kappa shape index (κ3) is 3.88. The molecule has 2 heterocycles. The fraction of sp³-hybridized carbons (Fsp3) is 0.462. The van der Waals surface area contributed by atoms with Gasteiger partial charge in [-0.1, -0.05) is 32.4 Å². The fourth-order valence-electron chi connectivity index (χ4n) is 1.49. The number of rotatable bonds is 3. The first kappa shape index (κ1) is 14.2. The average Bonchev–Trinajstić information content (AvgIpc) is 2.71. The summed E-state index contributed by atoms with van der Waals surface area (Å²) in [5, 5.41) is 4.73. The molecule has 0 aliphatic carbocycles. The van der Waals surface area contributed by atoms with Crippen molar-refractivity contribution in [2.45, 2.75) is 39.7 Å². The zero-order chi connectivity index (χ0) is 14.0. The van der Waals surface area contributed by atoms with E-state index in [0.29, 0.717) is 11.7 Å². The molecule has 0 aliphatic heterocycles. The van der Waals surface area contributed by atoms with Crippen molar-refractivity contribution in [2.24, 2.45) is 0 Å². The number of thiazole rings is 1. The number of aryl methyl sites for hydroxylation is 1. The molecule has 2 aromatic heterocycles. The van der Waals surface area contributed by atoms with Crippen molar-refractivity contribution in [1.29, 1.82) is 0 Å². The maximum atomic E-state index is 6.04. The van der Waals surface area contributed by atoms with E-state index in [9.17, 15) is 0 Å². The molecule has 6 heteroatoms. The zero-order valence-corrected chi connectivity index (χ0v) is 13.1. The highest BCUT2D eigenvalue weighted by Crippen LogP contribution is 2.22. The molecule has 4 nitrogen and oxygen atoms in total. The lowest BCUT2D eigenvalue weighted by molar-refractivity contribution is 0.546. The third-order valence-electron chi connectivity index (χ3n) is 2.46. The van der Waals surface area contributed by atoms with Crippen molar-refractivity contribution in [3.05, 3.63) is 33.1 Å². The maximum absolute atomic E-state index is 6.04. The van der Waals surface area contributed by atoms with Crippen LogP contribution in [0.5, 0.6) is 0 Å². The molecular formula is C13H17ClN4S. The number of halogens is 1. The van der Waals surface area contributed by atoms with Crippen LogP contribution in [0.3, 0.4) is 0 Å². The van der Waals surface area contributed by atoms with E-state index in [1.165, 1.54) is 4.88 Å². The van der Waals surface area contributed by atoms with E-state index in [1.807, 2.05) is 13.1 Å². The van der Waals surface area contributed by atoms with Crippen LogP contribution in [0.25, 0.3) is 0 Å². The molecule has 0 fully saturated rings. The first-order chi connectivity index (χ1) is 8.84. The number of nitrogens with one attached hydrogen (secondary N) is 1. The summed E-state index contributed by atoms with van der Waals surface area (Å²) in [5.74, 6) is 1.47. The Kier molecular flexibility index (Phi) is 4.06. The standard InChI is InChI=1S/C13H17ClN4S/c1-8-6-16-11(19-8)7-15-10-5-9(14)17-12(18-10)13(2,3)4/h5-6H,7H2,1-4H3,(H,15,17,18).